The molecule has 3 nitrogen and oxygen atoms in total. The van der Waals surface area contributed by atoms with E-state index in [1.165, 1.54) is 12.1 Å². The van der Waals surface area contributed by atoms with E-state index in [0.29, 0.717) is 23.5 Å². The molecule has 6 heteroatoms. The highest BCUT2D eigenvalue weighted by atomic mass is 35.5. The van der Waals surface area contributed by atoms with Crippen LogP contribution in [0.25, 0.3) is 0 Å². The molecular formula is C18H25ClFNO2S. The van der Waals surface area contributed by atoms with Gasteiger partial charge in [-0.05, 0) is 49.7 Å². The first-order valence-electron chi connectivity index (χ1n) is 8.09. The summed E-state index contributed by atoms with van der Waals surface area (Å²) in [5.41, 5.74) is 0.143. The first kappa shape index (κ1) is 20.8. The number of carbonyl (C=O) groups excluding carboxylic acids is 1. The second-order valence-electron chi connectivity index (χ2n) is 6.50. The standard InChI is InChI=1S/C18H25ClFNO2S/c1-6-11(3)23-16(24)9-12-8-15(14(20)10-13(12)19)21-17(22)18(4,5)7-2/h8,10-11H,6-7,9H2,1-5H3,(H,21,22). The molecule has 1 unspecified atom stereocenters. The normalized spacial score (nSPS) is 12.6. The quantitative estimate of drug-likeness (QED) is 0.638. The zero-order valence-corrected chi connectivity index (χ0v) is 16.4. The van der Waals surface area contributed by atoms with Gasteiger partial charge in [0, 0.05) is 16.9 Å². The summed E-state index contributed by atoms with van der Waals surface area (Å²) in [6.45, 7) is 9.46. The highest BCUT2D eigenvalue weighted by Crippen LogP contribution is 2.28. The molecule has 134 valence electrons. The largest absolute Gasteiger partial charge is 0.484 e. The molecule has 1 aromatic rings. The monoisotopic (exact) mass is 373 g/mol. The minimum atomic E-state index is -0.582. The van der Waals surface area contributed by atoms with E-state index in [-0.39, 0.29) is 22.7 Å². The van der Waals surface area contributed by atoms with Crippen LogP contribution in [0.1, 0.15) is 53.0 Å². The van der Waals surface area contributed by atoms with Crippen LogP contribution in [0.15, 0.2) is 12.1 Å². The first-order chi connectivity index (χ1) is 11.1. The van der Waals surface area contributed by atoms with Gasteiger partial charge in [0.25, 0.3) is 0 Å². The van der Waals surface area contributed by atoms with Gasteiger partial charge in [0.15, 0.2) is 5.05 Å². The van der Waals surface area contributed by atoms with Crippen molar-refractivity contribution in [2.45, 2.75) is 60.0 Å². The number of carbonyl (C=O) groups is 1. The molecule has 0 fully saturated rings. The summed E-state index contributed by atoms with van der Waals surface area (Å²) in [5, 5.41) is 3.29. The van der Waals surface area contributed by atoms with Crippen LogP contribution in [0.5, 0.6) is 0 Å². The summed E-state index contributed by atoms with van der Waals surface area (Å²) in [7, 11) is 0. The van der Waals surface area contributed by atoms with Crippen molar-refractivity contribution in [2.24, 2.45) is 5.41 Å². The van der Waals surface area contributed by atoms with Crippen LogP contribution < -0.4 is 5.32 Å². The Morgan fingerprint density at radius 2 is 2.04 bits per heavy atom. The second-order valence-corrected chi connectivity index (χ2v) is 7.36. The zero-order valence-electron chi connectivity index (χ0n) is 14.8. The average Bonchev–Trinajstić information content (AvgIpc) is 2.51. The second kappa shape index (κ2) is 8.77. The first-order valence-corrected chi connectivity index (χ1v) is 8.88. The Hall–Kier alpha value is -1.20. The van der Waals surface area contributed by atoms with Gasteiger partial charge in [0.2, 0.25) is 5.91 Å². The van der Waals surface area contributed by atoms with Gasteiger partial charge in [0.05, 0.1) is 11.8 Å². The van der Waals surface area contributed by atoms with Gasteiger partial charge in [-0.2, -0.15) is 0 Å². The minimum Gasteiger partial charge on any atom is -0.484 e. The van der Waals surface area contributed by atoms with Crippen molar-refractivity contribution >= 4 is 40.5 Å². The Kier molecular flexibility index (Phi) is 7.61. The molecule has 0 heterocycles. The summed E-state index contributed by atoms with van der Waals surface area (Å²) >= 11 is 11.3. The zero-order chi connectivity index (χ0) is 18.5. The van der Waals surface area contributed by atoms with Gasteiger partial charge in [0.1, 0.15) is 5.82 Å². The molecule has 0 saturated heterocycles. The minimum absolute atomic E-state index is 0.0150. The maximum Gasteiger partial charge on any atom is 0.230 e. The summed E-state index contributed by atoms with van der Waals surface area (Å²) < 4.78 is 19.7. The molecule has 0 saturated carbocycles. The predicted molar refractivity (Wildman–Crippen MR) is 101 cm³/mol. The Morgan fingerprint density at radius 3 is 2.58 bits per heavy atom. The lowest BCUT2D eigenvalue weighted by atomic mass is 9.89. The molecule has 0 spiro atoms. The number of ether oxygens (including phenoxy) is 1. The number of thiocarbonyl (C=S) groups is 1. The highest BCUT2D eigenvalue weighted by Gasteiger charge is 2.26. The van der Waals surface area contributed by atoms with Crippen molar-refractivity contribution in [3.05, 3.63) is 28.5 Å². The molecule has 0 radical (unpaired) electrons. The van der Waals surface area contributed by atoms with Crippen molar-refractivity contribution in [3.8, 4) is 0 Å². The molecule has 1 rings (SSSR count). The van der Waals surface area contributed by atoms with Gasteiger partial charge in [-0.1, -0.05) is 39.3 Å². The number of benzene rings is 1. The predicted octanol–water partition coefficient (Wildman–Crippen LogP) is 5.54. The number of rotatable bonds is 7. The van der Waals surface area contributed by atoms with Crippen molar-refractivity contribution in [1.82, 2.24) is 0 Å². The number of anilines is 1. The third-order valence-electron chi connectivity index (χ3n) is 4.13. The van der Waals surface area contributed by atoms with E-state index in [0.717, 1.165) is 6.42 Å². The van der Waals surface area contributed by atoms with Crippen LogP contribution in [0.2, 0.25) is 5.02 Å². The van der Waals surface area contributed by atoms with E-state index in [2.05, 4.69) is 5.32 Å². The highest BCUT2D eigenvalue weighted by molar-refractivity contribution is 7.80. The summed E-state index contributed by atoms with van der Waals surface area (Å²) in [6.07, 6.45) is 1.79. The lowest BCUT2D eigenvalue weighted by Gasteiger charge is -2.22. The molecule has 1 atom stereocenters. The number of halogens is 2. The molecule has 0 aliphatic heterocycles. The number of hydrogen-bond donors (Lipinski definition) is 1. The van der Waals surface area contributed by atoms with E-state index in [1.54, 1.807) is 0 Å². The van der Waals surface area contributed by atoms with Crippen LogP contribution in [0.3, 0.4) is 0 Å². The van der Waals surface area contributed by atoms with Crippen molar-refractivity contribution in [1.29, 1.82) is 0 Å². The van der Waals surface area contributed by atoms with Crippen molar-refractivity contribution in [3.63, 3.8) is 0 Å². The van der Waals surface area contributed by atoms with Crippen LogP contribution in [0, 0.1) is 11.2 Å². The molecule has 0 aliphatic rings. The number of hydrogen-bond acceptors (Lipinski definition) is 3. The van der Waals surface area contributed by atoms with Gasteiger partial charge >= 0.3 is 0 Å². The molecule has 0 aliphatic carbocycles. The van der Waals surface area contributed by atoms with E-state index >= 15 is 0 Å². The van der Waals surface area contributed by atoms with Crippen molar-refractivity contribution in [2.75, 3.05) is 5.32 Å². The smallest absolute Gasteiger partial charge is 0.230 e. The molecule has 1 aromatic carbocycles. The molecule has 1 amide bonds. The van der Waals surface area contributed by atoms with E-state index in [4.69, 9.17) is 28.6 Å². The van der Waals surface area contributed by atoms with Gasteiger partial charge in [-0.15, -0.1) is 0 Å². The Bertz CT molecular complexity index is 619. The van der Waals surface area contributed by atoms with Crippen LogP contribution >= 0.6 is 23.8 Å². The molecule has 1 N–H and O–H groups in total. The van der Waals surface area contributed by atoms with E-state index < -0.39 is 11.2 Å². The van der Waals surface area contributed by atoms with Gasteiger partial charge < -0.3 is 10.1 Å². The van der Waals surface area contributed by atoms with Crippen molar-refractivity contribution < 1.29 is 13.9 Å². The maximum atomic E-state index is 14.1. The molecule has 0 aromatic heterocycles. The third kappa shape index (κ3) is 5.71. The van der Waals surface area contributed by atoms with Gasteiger partial charge in [-0.3, -0.25) is 4.79 Å². The maximum absolute atomic E-state index is 14.1. The van der Waals surface area contributed by atoms with E-state index in [1.807, 2.05) is 34.6 Å². The lowest BCUT2D eigenvalue weighted by Crippen LogP contribution is -2.30. The number of nitrogens with one attached hydrogen (secondary N) is 1. The Morgan fingerprint density at radius 1 is 1.42 bits per heavy atom. The topological polar surface area (TPSA) is 38.3 Å². The number of amides is 1. The Labute approximate surface area is 153 Å². The fourth-order valence-corrected chi connectivity index (χ4v) is 2.32. The van der Waals surface area contributed by atoms with Crippen LogP contribution in [0.4, 0.5) is 10.1 Å². The SMILES string of the molecule is CCC(C)OC(=S)Cc1cc(NC(=O)C(C)(C)CC)c(F)cc1Cl. The van der Waals surface area contributed by atoms with Crippen LogP contribution in [-0.4, -0.2) is 17.1 Å². The molecule has 24 heavy (non-hydrogen) atoms. The fourth-order valence-electron chi connectivity index (χ4n) is 1.78. The molecule has 0 bridgehead atoms. The molecular weight excluding hydrogens is 349 g/mol. The third-order valence-corrected chi connectivity index (χ3v) is 4.72. The van der Waals surface area contributed by atoms with E-state index in [9.17, 15) is 9.18 Å². The van der Waals surface area contributed by atoms with Crippen LogP contribution in [-0.2, 0) is 16.0 Å². The summed E-state index contributed by atoms with van der Waals surface area (Å²) in [5.74, 6) is -0.812. The summed E-state index contributed by atoms with van der Waals surface area (Å²) in [6, 6.07) is 2.71. The Balaban J connectivity index is 2.97. The van der Waals surface area contributed by atoms with Gasteiger partial charge in [-0.25, -0.2) is 4.39 Å². The lowest BCUT2D eigenvalue weighted by molar-refractivity contribution is -0.124. The fraction of sp³-hybridized carbons (Fsp3) is 0.556. The average molecular weight is 374 g/mol. The summed E-state index contributed by atoms with van der Waals surface area (Å²) in [4.78, 5) is 12.3.